The third kappa shape index (κ3) is 6.30. The highest BCUT2D eigenvalue weighted by Gasteiger charge is 2.32. The lowest BCUT2D eigenvalue weighted by Gasteiger charge is -2.37. The SMILES string of the molecule is CC1(O)CCCN(C(=O)NC(CCS(C)(=O)=O)C(=O)O)C1. The zero-order valence-corrected chi connectivity index (χ0v) is 13.0. The van der Waals surface area contributed by atoms with E-state index in [9.17, 15) is 23.1 Å². The summed E-state index contributed by atoms with van der Waals surface area (Å²) in [6.07, 6.45) is 2.02. The zero-order chi connectivity index (χ0) is 16.3. The molecule has 1 aliphatic rings. The molecule has 0 aromatic rings. The monoisotopic (exact) mass is 322 g/mol. The van der Waals surface area contributed by atoms with Gasteiger partial charge in [0.1, 0.15) is 15.9 Å². The molecule has 21 heavy (non-hydrogen) atoms. The number of aliphatic carboxylic acids is 1. The maximum absolute atomic E-state index is 12.0. The van der Waals surface area contributed by atoms with Crippen molar-refractivity contribution in [3.8, 4) is 0 Å². The average Bonchev–Trinajstić information content (AvgIpc) is 2.31. The molecule has 1 aliphatic heterocycles. The summed E-state index contributed by atoms with van der Waals surface area (Å²) in [5.41, 5.74) is -0.985. The number of likely N-dealkylation sites (tertiary alicyclic amines) is 1. The van der Waals surface area contributed by atoms with E-state index in [-0.39, 0.29) is 18.7 Å². The summed E-state index contributed by atoms with van der Waals surface area (Å²) in [6.45, 7) is 2.17. The molecule has 0 bridgehead atoms. The van der Waals surface area contributed by atoms with Gasteiger partial charge in [-0.25, -0.2) is 18.0 Å². The van der Waals surface area contributed by atoms with Gasteiger partial charge in [-0.1, -0.05) is 0 Å². The van der Waals surface area contributed by atoms with Crippen LogP contribution in [-0.2, 0) is 14.6 Å². The van der Waals surface area contributed by atoms with Gasteiger partial charge < -0.3 is 20.4 Å². The van der Waals surface area contributed by atoms with E-state index < -0.39 is 33.5 Å². The van der Waals surface area contributed by atoms with Crippen molar-refractivity contribution >= 4 is 21.8 Å². The average molecular weight is 322 g/mol. The van der Waals surface area contributed by atoms with Gasteiger partial charge in [0.2, 0.25) is 0 Å². The van der Waals surface area contributed by atoms with Gasteiger partial charge in [0.15, 0.2) is 0 Å². The summed E-state index contributed by atoms with van der Waals surface area (Å²) in [4.78, 5) is 24.4. The minimum absolute atomic E-state index is 0.122. The number of hydrogen-bond acceptors (Lipinski definition) is 5. The number of nitrogens with zero attached hydrogens (tertiary/aromatic N) is 1. The van der Waals surface area contributed by atoms with Crippen LogP contribution in [-0.4, -0.2) is 72.3 Å². The lowest BCUT2D eigenvalue weighted by atomic mass is 9.95. The summed E-state index contributed by atoms with van der Waals surface area (Å²) >= 11 is 0. The first kappa shape index (κ1) is 17.7. The van der Waals surface area contributed by atoms with Crippen LogP contribution < -0.4 is 5.32 Å². The molecule has 1 heterocycles. The maximum atomic E-state index is 12.0. The number of piperidine rings is 1. The van der Waals surface area contributed by atoms with E-state index in [1.165, 1.54) is 4.90 Å². The molecule has 1 fully saturated rings. The fourth-order valence-electron chi connectivity index (χ4n) is 2.22. The van der Waals surface area contributed by atoms with Gasteiger partial charge in [-0.15, -0.1) is 0 Å². The molecular formula is C12H22N2O6S. The van der Waals surface area contributed by atoms with Crippen molar-refractivity contribution in [3.05, 3.63) is 0 Å². The molecule has 0 radical (unpaired) electrons. The predicted octanol–water partition coefficient (Wildman–Crippen LogP) is -0.569. The Labute approximate surface area is 124 Å². The number of nitrogens with one attached hydrogen (secondary N) is 1. The molecule has 2 unspecified atom stereocenters. The van der Waals surface area contributed by atoms with Crippen LogP contribution in [0.1, 0.15) is 26.2 Å². The van der Waals surface area contributed by atoms with Crippen LogP contribution in [0.5, 0.6) is 0 Å². The molecule has 1 saturated heterocycles. The number of β-amino-alcohol motifs (C(OH)–C–C–N with tert-alkyl or cyclic N) is 1. The highest BCUT2D eigenvalue weighted by molar-refractivity contribution is 7.90. The third-order valence-corrected chi connectivity index (χ3v) is 4.31. The topological polar surface area (TPSA) is 124 Å². The Balaban J connectivity index is 2.62. The molecule has 9 heteroatoms. The minimum Gasteiger partial charge on any atom is -0.480 e. The Hall–Kier alpha value is -1.35. The molecule has 0 aromatic heterocycles. The van der Waals surface area contributed by atoms with Gasteiger partial charge in [-0.3, -0.25) is 0 Å². The summed E-state index contributed by atoms with van der Waals surface area (Å²) in [5.74, 6) is -1.60. The number of aliphatic hydroxyl groups is 1. The van der Waals surface area contributed by atoms with Crippen molar-refractivity contribution in [1.82, 2.24) is 10.2 Å². The van der Waals surface area contributed by atoms with Gasteiger partial charge in [-0.05, 0) is 26.2 Å². The number of amides is 2. The standard InChI is InChI=1S/C12H22N2O6S/c1-12(18)5-3-6-14(8-12)11(17)13-9(10(15)16)4-7-21(2,19)20/h9,18H,3-8H2,1-2H3,(H,13,17)(H,15,16). The first-order valence-corrected chi connectivity index (χ1v) is 8.74. The maximum Gasteiger partial charge on any atom is 0.326 e. The van der Waals surface area contributed by atoms with Gasteiger partial charge in [0.05, 0.1) is 17.9 Å². The lowest BCUT2D eigenvalue weighted by Crippen LogP contribution is -2.54. The number of hydrogen-bond donors (Lipinski definition) is 3. The number of rotatable bonds is 5. The van der Waals surface area contributed by atoms with Crippen molar-refractivity contribution in [1.29, 1.82) is 0 Å². The van der Waals surface area contributed by atoms with E-state index in [0.717, 1.165) is 6.26 Å². The molecule has 0 aromatic carbocycles. The van der Waals surface area contributed by atoms with Crippen molar-refractivity contribution in [2.75, 3.05) is 25.1 Å². The van der Waals surface area contributed by atoms with E-state index in [0.29, 0.717) is 19.4 Å². The smallest absolute Gasteiger partial charge is 0.326 e. The van der Waals surface area contributed by atoms with Crippen molar-refractivity contribution in [2.24, 2.45) is 0 Å². The Morgan fingerprint density at radius 1 is 1.43 bits per heavy atom. The number of carbonyl (C=O) groups excluding carboxylic acids is 1. The Morgan fingerprint density at radius 3 is 2.52 bits per heavy atom. The first-order chi connectivity index (χ1) is 9.50. The third-order valence-electron chi connectivity index (χ3n) is 3.34. The fraction of sp³-hybridized carbons (Fsp3) is 0.833. The van der Waals surface area contributed by atoms with E-state index >= 15 is 0 Å². The number of carbonyl (C=O) groups is 2. The molecule has 0 aliphatic carbocycles. The van der Waals surface area contributed by atoms with Gasteiger partial charge in [0, 0.05) is 12.8 Å². The Kier molecular flexibility index (Phi) is 5.57. The molecule has 1 rings (SSSR count). The van der Waals surface area contributed by atoms with Crippen molar-refractivity contribution < 1.29 is 28.2 Å². The lowest BCUT2D eigenvalue weighted by molar-refractivity contribution is -0.139. The van der Waals surface area contributed by atoms with Gasteiger partial charge in [-0.2, -0.15) is 0 Å². The number of sulfone groups is 1. The highest BCUT2D eigenvalue weighted by atomic mass is 32.2. The van der Waals surface area contributed by atoms with Crippen molar-refractivity contribution in [2.45, 2.75) is 37.8 Å². The minimum atomic E-state index is -3.30. The highest BCUT2D eigenvalue weighted by Crippen LogP contribution is 2.20. The van der Waals surface area contributed by atoms with E-state index in [1.807, 2.05) is 0 Å². The number of carboxylic acid groups (broad SMARTS) is 1. The molecule has 0 saturated carbocycles. The Bertz CT molecular complexity index is 502. The quantitative estimate of drug-likeness (QED) is 0.623. The van der Waals surface area contributed by atoms with E-state index in [2.05, 4.69) is 5.32 Å². The van der Waals surface area contributed by atoms with Gasteiger partial charge >= 0.3 is 12.0 Å². The van der Waals surface area contributed by atoms with Gasteiger partial charge in [0.25, 0.3) is 0 Å². The predicted molar refractivity (Wildman–Crippen MR) is 75.7 cm³/mol. The summed E-state index contributed by atoms with van der Waals surface area (Å²) in [5, 5.41) is 21.3. The molecule has 2 atom stereocenters. The fourth-order valence-corrected chi connectivity index (χ4v) is 2.89. The molecule has 122 valence electrons. The van der Waals surface area contributed by atoms with Crippen LogP contribution in [0.4, 0.5) is 4.79 Å². The van der Waals surface area contributed by atoms with Crippen LogP contribution >= 0.6 is 0 Å². The molecule has 3 N–H and O–H groups in total. The summed E-state index contributed by atoms with van der Waals surface area (Å²) in [7, 11) is -3.30. The number of urea groups is 1. The second-order valence-electron chi connectivity index (χ2n) is 5.78. The molecule has 8 nitrogen and oxygen atoms in total. The molecule has 0 spiro atoms. The van der Waals surface area contributed by atoms with E-state index in [1.54, 1.807) is 6.92 Å². The summed E-state index contributed by atoms with van der Waals surface area (Å²) < 4.78 is 22.2. The second kappa shape index (κ2) is 6.61. The first-order valence-electron chi connectivity index (χ1n) is 6.68. The summed E-state index contributed by atoms with van der Waals surface area (Å²) in [6, 6.07) is -1.87. The molecule has 2 amide bonds. The van der Waals surface area contributed by atoms with Crippen LogP contribution in [0.25, 0.3) is 0 Å². The Morgan fingerprint density at radius 2 is 2.05 bits per heavy atom. The van der Waals surface area contributed by atoms with Crippen LogP contribution in [0.15, 0.2) is 0 Å². The number of carboxylic acids is 1. The van der Waals surface area contributed by atoms with Crippen molar-refractivity contribution in [3.63, 3.8) is 0 Å². The normalized spacial score (nSPS) is 24.4. The second-order valence-corrected chi connectivity index (χ2v) is 8.04. The zero-order valence-electron chi connectivity index (χ0n) is 12.2. The van der Waals surface area contributed by atoms with E-state index in [4.69, 9.17) is 5.11 Å². The van der Waals surface area contributed by atoms with Crippen LogP contribution in [0.2, 0.25) is 0 Å². The van der Waals surface area contributed by atoms with Crippen LogP contribution in [0.3, 0.4) is 0 Å². The van der Waals surface area contributed by atoms with Crippen LogP contribution in [0, 0.1) is 0 Å². The molecular weight excluding hydrogens is 300 g/mol. The largest absolute Gasteiger partial charge is 0.480 e.